The Morgan fingerprint density at radius 1 is 1.00 bits per heavy atom. The van der Waals surface area contributed by atoms with Crippen molar-refractivity contribution in [2.45, 2.75) is 6.54 Å². The number of rotatable bonds is 5. The largest absolute Gasteiger partial charge is 0.378 e. The average Bonchev–Trinajstić information content (AvgIpc) is 3.13. The predicted molar refractivity (Wildman–Crippen MR) is 112 cm³/mol. The fourth-order valence-electron chi connectivity index (χ4n) is 3.69. The molecule has 6 heteroatoms. The average molecular weight is 391 g/mol. The van der Waals surface area contributed by atoms with Crippen molar-refractivity contribution in [2.75, 3.05) is 39.9 Å². The zero-order chi connectivity index (χ0) is 20.2. The lowest BCUT2D eigenvalue weighted by atomic mass is 10.1. The quantitative estimate of drug-likeness (QED) is 0.672. The summed E-state index contributed by atoms with van der Waals surface area (Å²) in [6.07, 6.45) is 0. The predicted octanol–water partition coefficient (Wildman–Crippen LogP) is 2.63. The molecule has 29 heavy (non-hydrogen) atoms. The minimum Gasteiger partial charge on any atom is -0.378 e. The van der Waals surface area contributed by atoms with Crippen molar-refractivity contribution in [1.82, 2.24) is 14.4 Å². The highest BCUT2D eigenvalue weighted by Crippen LogP contribution is 2.28. The number of ether oxygens (including phenoxy) is 1. The molecule has 1 saturated heterocycles. The van der Waals surface area contributed by atoms with Crippen LogP contribution < -0.4 is 0 Å². The molecule has 2 heterocycles. The molecule has 2 amide bonds. The normalized spacial score (nSPS) is 14.2. The lowest BCUT2D eigenvalue weighted by molar-refractivity contribution is -0.142. The van der Waals surface area contributed by atoms with Crippen molar-refractivity contribution in [1.29, 1.82) is 0 Å². The Hall–Kier alpha value is -3.12. The van der Waals surface area contributed by atoms with Crippen molar-refractivity contribution < 1.29 is 14.3 Å². The van der Waals surface area contributed by atoms with Crippen LogP contribution in [0.4, 0.5) is 0 Å². The first-order valence-corrected chi connectivity index (χ1v) is 9.86. The van der Waals surface area contributed by atoms with Gasteiger partial charge in [-0.3, -0.25) is 9.59 Å². The number of morpholine rings is 1. The van der Waals surface area contributed by atoms with Crippen LogP contribution in [-0.2, 0) is 20.9 Å². The third-order valence-electron chi connectivity index (χ3n) is 5.34. The molecular formula is C23H25N3O3. The third kappa shape index (κ3) is 4.17. The summed E-state index contributed by atoms with van der Waals surface area (Å²) >= 11 is 0. The Kier molecular flexibility index (Phi) is 5.62. The maximum atomic E-state index is 13.0. The molecule has 150 valence electrons. The zero-order valence-corrected chi connectivity index (χ0v) is 16.6. The van der Waals surface area contributed by atoms with E-state index in [1.54, 1.807) is 11.9 Å². The van der Waals surface area contributed by atoms with Crippen molar-refractivity contribution in [3.8, 4) is 11.3 Å². The van der Waals surface area contributed by atoms with Crippen molar-refractivity contribution >= 4 is 22.7 Å². The maximum absolute atomic E-state index is 13.0. The summed E-state index contributed by atoms with van der Waals surface area (Å²) in [5, 5.41) is 1.09. The maximum Gasteiger partial charge on any atom is 0.242 e. The number of likely N-dealkylation sites (N-methyl/N-ethyl adjacent to an activating group) is 1. The number of hydrogen-bond donors (Lipinski definition) is 0. The van der Waals surface area contributed by atoms with E-state index in [4.69, 9.17) is 4.74 Å². The zero-order valence-electron chi connectivity index (χ0n) is 16.6. The van der Waals surface area contributed by atoms with Crippen LogP contribution in [0.2, 0.25) is 0 Å². The monoisotopic (exact) mass is 391 g/mol. The van der Waals surface area contributed by atoms with E-state index in [1.807, 2.05) is 53.1 Å². The minimum atomic E-state index is -0.0925. The van der Waals surface area contributed by atoms with E-state index >= 15 is 0 Å². The summed E-state index contributed by atoms with van der Waals surface area (Å²) in [5.41, 5.74) is 3.06. The first-order valence-electron chi connectivity index (χ1n) is 9.86. The lowest BCUT2D eigenvalue weighted by Crippen LogP contribution is -2.46. The van der Waals surface area contributed by atoms with Gasteiger partial charge < -0.3 is 19.1 Å². The van der Waals surface area contributed by atoms with E-state index in [9.17, 15) is 9.59 Å². The van der Waals surface area contributed by atoms with Gasteiger partial charge in [-0.05, 0) is 17.7 Å². The summed E-state index contributed by atoms with van der Waals surface area (Å²) in [4.78, 5) is 28.7. The molecule has 0 atom stereocenters. The van der Waals surface area contributed by atoms with Crippen molar-refractivity contribution in [3.05, 3.63) is 60.7 Å². The van der Waals surface area contributed by atoms with Gasteiger partial charge in [0.15, 0.2) is 0 Å². The molecule has 0 unspecified atom stereocenters. The molecule has 0 N–H and O–H groups in total. The number of hydrogen-bond acceptors (Lipinski definition) is 3. The number of fused-ring (bicyclic) bond motifs is 1. The second-order valence-corrected chi connectivity index (χ2v) is 7.28. The Balaban J connectivity index is 1.55. The molecule has 4 rings (SSSR count). The van der Waals surface area contributed by atoms with E-state index in [1.165, 1.54) is 4.90 Å². The van der Waals surface area contributed by atoms with Crippen LogP contribution in [0.1, 0.15) is 0 Å². The second kappa shape index (κ2) is 8.49. The van der Waals surface area contributed by atoms with E-state index in [0.717, 1.165) is 22.2 Å². The Morgan fingerprint density at radius 2 is 1.69 bits per heavy atom. The molecule has 1 aliphatic heterocycles. The van der Waals surface area contributed by atoms with Crippen LogP contribution in [0, 0.1) is 0 Å². The van der Waals surface area contributed by atoms with Crippen LogP contribution in [0.5, 0.6) is 0 Å². The molecule has 2 aromatic carbocycles. The van der Waals surface area contributed by atoms with Gasteiger partial charge in [0.2, 0.25) is 11.8 Å². The molecule has 0 bridgehead atoms. The Labute approximate surface area is 170 Å². The molecule has 1 fully saturated rings. The summed E-state index contributed by atoms with van der Waals surface area (Å²) in [7, 11) is 1.69. The topological polar surface area (TPSA) is 54.8 Å². The number of para-hydroxylation sites is 1. The second-order valence-electron chi connectivity index (χ2n) is 7.28. The summed E-state index contributed by atoms with van der Waals surface area (Å²) in [6.45, 7) is 2.55. The van der Waals surface area contributed by atoms with Gasteiger partial charge in [0, 0.05) is 36.7 Å². The summed E-state index contributed by atoms with van der Waals surface area (Å²) in [6, 6.07) is 20.2. The molecule has 0 radical (unpaired) electrons. The fraction of sp³-hybridized carbons (Fsp3) is 0.304. The number of benzene rings is 2. The number of carbonyl (C=O) groups excluding carboxylic acids is 2. The Bertz CT molecular complexity index is 1010. The van der Waals surface area contributed by atoms with Crippen LogP contribution in [-0.4, -0.2) is 66.1 Å². The lowest BCUT2D eigenvalue weighted by Gasteiger charge is -2.29. The molecule has 0 aliphatic carbocycles. The molecule has 0 saturated carbocycles. The van der Waals surface area contributed by atoms with Gasteiger partial charge in [-0.15, -0.1) is 0 Å². The SMILES string of the molecule is CN(CC(=O)N1CCOCC1)C(=O)Cn1c(-c2ccccc2)cc2ccccc21. The van der Waals surface area contributed by atoms with Gasteiger partial charge >= 0.3 is 0 Å². The highest BCUT2D eigenvalue weighted by Gasteiger charge is 2.21. The van der Waals surface area contributed by atoms with E-state index in [2.05, 4.69) is 12.1 Å². The van der Waals surface area contributed by atoms with Gasteiger partial charge in [-0.1, -0.05) is 48.5 Å². The number of nitrogens with zero attached hydrogens (tertiary/aromatic N) is 3. The van der Waals surface area contributed by atoms with Gasteiger partial charge in [-0.25, -0.2) is 0 Å². The van der Waals surface area contributed by atoms with Gasteiger partial charge in [-0.2, -0.15) is 0 Å². The van der Waals surface area contributed by atoms with Crippen LogP contribution in [0.3, 0.4) is 0 Å². The van der Waals surface area contributed by atoms with Gasteiger partial charge in [0.25, 0.3) is 0 Å². The molecule has 1 aromatic heterocycles. The highest BCUT2D eigenvalue weighted by molar-refractivity contribution is 5.90. The van der Waals surface area contributed by atoms with Gasteiger partial charge in [0.05, 0.1) is 19.8 Å². The van der Waals surface area contributed by atoms with E-state index < -0.39 is 0 Å². The summed E-state index contributed by atoms with van der Waals surface area (Å²) < 4.78 is 7.32. The molecule has 6 nitrogen and oxygen atoms in total. The first-order chi connectivity index (χ1) is 14.1. The summed E-state index contributed by atoms with van der Waals surface area (Å²) in [5.74, 6) is -0.130. The Morgan fingerprint density at radius 3 is 2.45 bits per heavy atom. The molecule has 0 spiro atoms. The van der Waals surface area contributed by atoms with Crippen molar-refractivity contribution in [3.63, 3.8) is 0 Å². The minimum absolute atomic E-state index is 0.0372. The number of carbonyl (C=O) groups is 2. The highest BCUT2D eigenvalue weighted by atomic mass is 16.5. The van der Waals surface area contributed by atoms with Gasteiger partial charge in [0.1, 0.15) is 6.54 Å². The standard InChI is InChI=1S/C23H25N3O3/c1-24(16-23(28)25-11-13-29-14-12-25)22(27)17-26-20-10-6-5-9-19(20)15-21(26)18-7-3-2-4-8-18/h2-10,15H,11-14,16-17H2,1H3. The van der Waals surface area contributed by atoms with Crippen LogP contribution in [0.15, 0.2) is 60.7 Å². The van der Waals surface area contributed by atoms with Crippen LogP contribution >= 0.6 is 0 Å². The number of aromatic nitrogens is 1. The van der Waals surface area contributed by atoms with E-state index in [-0.39, 0.29) is 24.9 Å². The number of amides is 2. The molecule has 3 aromatic rings. The third-order valence-corrected chi connectivity index (χ3v) is 5.34. The molecular weight excluding hydrogens is 366 g/mol. The smallest absolute Gasteiger partial charge is 0.242 e. The fourth-order valence-corrected chi connectivity index (χ4v) is 3.69. The molecule has 1 aliphatic rings. The van der Waals surface area contributed by atoms with Crippen LogP contribution in [0.25, 0.3) is 22.2 Å². The van der Waals surface area contributed by atoms with E-state index in [0.29, 0.717) is 26.3 Å². The van der Waals surface area contributed by atoms with Crippen molar-refractivity contribution in [2.24, 2.45) is 0 Å². The first kappa shape index (κ1) is 19.2.